The number of carbonyl (C=O) groups is 1. The summed E-state index contributed by atoms with van der Waals surface area (Å²) < 4.78 is 32.8. The predicted octanol–water partition coefficient (Wildman–Crippen LogP) is 4.52. The average Bonchev–Trinajstić information content (AvgIpc) is 3.05. The second kappa shape index (κ2) is 8.00. The topological polar surface area (TPSA) is 56.5 Å². The van der Waals surface area contributed by atoms with E-state index in [-0.39, 0.29) is 19.0 Å². The highest BCUT2D eigenvalue weighted by Crippen LogP contribution is 2.26. The molecule has 0 radical (unpaired) electrons. The van der Waals surface area contributed by atoms with Crippen molar-refractivity contribution in [1.29, 1.82) is 0 Å². The first-order valence-electron chi connectivity index (χ1n) is 8.45. The number of carbonyl (C=O) groups excluding carboxylic acids is 1. The van der Waals surface area contributed by atoms with Crippen molar-refractivity contribution in [3.63, 3.8) is 0 Å². The van der Waals surface area contributed by atoms with Crippen molar-refractivity contribution in [2.45, 2.75) is 32.6 Å². The van der Waals surface area contributed by atoms with E-state index in [1.54, 1.807) is 44.3 Å². The van der Waals surface area contributed by atoms with Gasteiger partial charge in [-0.2, -0.15) is 0 Å². The third-order valence-corrected chi connectivity index (χ3v) is 4.50. The van der Waals surface area contributed by atoms with Gasteiger partial charge in [-0.3, -0.25) is 9.20 Å². The van der Waals surface area contributed by atoms with Gasteiger partial charge in [-0.1, -0.05) is 29.8 Å². The number of hydrogen-bond donors (Lipinski definition) is 0. The number of fused-ring (bicyclic) bond motifs is 1. The highest BCUT2D eigenvalue weighted by molar-refractivity contribution is 6.30. The van der Waals surface area contributed by atoms with Gasteiger partial charge in [0.1, 0.15) is 0 Å². The Morgan fingerprint density at radius 2 is 1.96 bits per heavy atom. The van der Waals surface area contributed by atoms with Crippen molar-refractivity contribution in [3.8, 4) is 0 Å². The van der Waals surface area contributed by atoms with Gasteiger partial charge in [0.25, 0.3) is 6.43 Å². The Labute approximate surface area is 159 Å². The third kappa shape index (κ3) is 4.08. The number of alkyl halides is 2. The lowest BCUT2D eigenvalue weighted by Crippen LogP contribution is -2.18. The summed E-state index contributed by atoms with van der Waals surface area (Å²) in [7, 11) is 0. The van der Waals surface area contributed by atoms with Crippen molar-refractivity contribution in [1.82, 2.24) is 14.6 Å². The van der Waals surface area contributed by atoms with Gasteiger partial charge >= 0.3 is 5.97 Å². The van der Waals surface area contributed by atoms with Crippen molar-refractivity contribution in [3.05, 3.63) is 64.1 Å². The molecule has 0 saturated carbocycles. The van der Waals surface area contributed by atoms with E-state index in [1.807, 2.05) is 6.07 Å². The van der Waals surface area contributed by atoms with Crippen LogP contribution in [0.5, 0.6) is 0 Å². The highest BCUT2D eigenvalue weighted by Gasteiger charge is 2.24. The van der Waals surface area contributed by atoms with Crippen LogP contribution in [0.15, 0.2) is 36.5 Å². The number of nitrogens with zero attached hydrogens (tertiary/aromatic N) is 3. The van der Waals surface area contributed by atoms with Crippen molar-refractivity contribution in [2.75, 3.05) is 6.61 Å². The molecule has 1 unspecified atom stereocenters. The van der Waals surface area contributed by atoms with E-state index in [2.05, 4.69) is 10.2 Å². The summed E-state index contributed by atoms with van der Waals surface area (Å²) >= 11 is 5.93. The van der Waals surface area contributed by atoms with E-state index in [4.69, 9.17) is 16.3 Å². The van der Waals surface area contributed by atoms with Gasteiger partial charge in [0.2, 0.25) is 5.82 Å². The van der Waals surface area contributed by atoms with Gasteiger partial charge in [-0.05, 0) is 49.1 Å². The molecule has 0 fully saturated rings. The Kier molecular flexibility index (Phi) is 5.70. The Hall–Kier alpha value is -2.54. The molecular weight excluding hydrogens is 376 g/mol. The molecule has 0 aliphatic heterocycles. The summed E-state index contributed by atoms with van der Waals surface area (Å²) in [6.45, 7) is 3.76. The molecule has 3 rings (SSSR count). The molecule has 5 nitrogen and oxygen atoms in total. The van der Waals surface area contributed by atoms with Gasteiger partial charge in [-0.25, -0.2) is 8.78 Å². The molecule has 0 amide bonds. The van der Waals surface area contributed by atoms with Crippen LogP contribution in [0.2, 0.25) is 5.02 Å². The van der Waals surface area contributed by atoms with Gasteiger partial charge in [0, 0.05) is 11.2 Å². The molecule has 0 aliphatic rings. The van der Waals surface area contributed by atoms with Crippen LogP contribution in [-0.4, -0.2) is 27.2 Å². The molecule has 0 aliphatic carbocycles. The molecule has 1 aromatic carbocycles. The van der Waals surface area contributed by atoms with Crippen LogP contribution in [0.25, 0.3) is 5.65 Å². The maximum atomic E-state index is 13.2. The Morgan fingerprint density at radius 3 is 2.59 bits per heavy atom. The van der Waals surface area contributed by atoms with Crippen LogP contribution in [-0.2, 0) is 16.0 Å². The molecule has 142 valence electrons. The fourth-order valence-electron chi connectivity index (χ4n) is 3.02. The highest BCUT2D eigenvalue weighted by atomic mass is 35.5. The van der Waals surface area contributed by atoms with Crippen LogP contribution in [0.3, 0.4) is 0 Å². The number of ether oxygens (including phenoxy) is 1. The number of aromatic nitrogens is 3. The number of hydrogen-bond acceptors (Lipinski definition) is 4. The Bertz CT molecular complexity index is 957. The van der Waals surface area contributed by atoms with Gasteiger partial charge in [0.15, 0.2) is 5.65 Å². The predicted molar refractivity (Wildman–Crippen MR) is 97.2 cm³/mol. The largest absolute Gasteiger partial charge is 0.466 e. The molecule has 0 N–H and O–H groups in total. The standard InChI is InChI=1S/C19H18ClF2N3O2/c1-3-27-19(26)15(13-4-6-14(20)7-5-13)9-12-8-11(2)17-23-24-18(16(21)22)25(17)10-12/h4-8,10,15-16H,3,9H2,1-2H3. The smallest absolute Gasteiger partial charge is 0.313 e. The molecule has 0 saturated heterocycles. The van der Waals surface area contributed by atoms with Crippen LogP contribution in [0.4, 0.5) is 8.78 Å². The van der Waals surface area contributed by atoms with E-state index in [9.17, 15) is 13.6 Å². The second-order valence-corrected chi connectivity index (χ2v) is 6.58. The zero-order chi connectivity index (χ0) is 19.6. The SMILES string of the molecule is CCOC(=O)C(Cc1cc(C)c2nnc(C(F)F)n2c1)c1ccc(Cl)cc1. The summed E-state index contributed by atoms with van der Waals surface area (Å²) in [6, 6.07) is 8.75. The Morgan fingerprint density at radius 1 is 1.26 bits per heavy atom. The van der Waals surface area contributed by atoms with Crippen LogP contribution in [0.1, 0.15) is 41.8 Å². The summed E-state index contributed by atoms with van der Waals surface area (Å²) in [4.78, 5) is 12.5. The van der Waals surface area contributed by atoms with Crippen LogP contribution in [0, 0.1) is 6.92 Å². The number of rotatable bonds is 6. The lowest BCUT2D eigenvalue weighted by Gasteiger charge is -2.17. The Balaban J connectivity index is 2.01. The van der Waals surface area contributed by atoms with E-state index in [0.717, 1.165) is 5.56 Å². The maximum Gasteiger partial charge on any atom is 0.313 e. The molecule has 2 heterocycles. The van der Waals surface area contributed by atoms with Crippen molar-refractivity contribution < 1.29 is 18.3 Å². The van der Waals surface area contributed by atoms with Gasteiger partial charge in [-0.15, -0.1) is 10.2 Å². The monoisotopic (exact) mass is 393 g/mol. The average molecular weight is 394 g/mol. The summed E-state index contributed by atoms with van der Waals surface area (Å²) in [5.41, 5.74) is 2.52. The van der Waals surface area contributed by atoms with Crippen LogP contribution < -0.4 is 0 Å². The summed E-state index contributed by atoms with van der Waals surface area (Å²) in [5.74, 6) is -1.38. The third-order valence-electron chi connectivity index (χ3n) is 4.25. The fourth-order valence-corrected chi connectivity index (χ4v) is 3.14. The quantitative estimate of drug-likeness (QED) is 0.578. The molecule has 1 atom stereocenters. The molecule has 0 bridgehead atoms. The zero-order valence-electron chi connectivity index (χ0n) is 14.8. The first-order chi connectivity index (χ1) is 12.9. The number of aryl methyl sites for hydroxylation is 1. The molecule has 8 heteroatoms. The molecular formula is C19H18ClF2N3O2. The fraction of sp³-hybridized carbons (Fsp3) is 0.316. The van der Waals surface area contributed by atoms with Crippen molar-refractivity contribution >= 4 is 23.2 Å². The molecule has 0 spiro atoms. The van der Waals surface area contributed by atoms with E-state index < -0.39 is 18.2 Å². The van der Waals surface area contributed by atoms with Crippen molar-refractivity contribution in [2.24, 2.45) is 0 Å². The number of esters is 1. The number of benzene rings is 1. The zero-order valence-corrected chi connectivity index (χ0v) is 15.6. The molecule has 2 aromatic heterocycles. The summed E-state index contributed by atoms with van der Waals surface area (Å²) in [6.07, 6.45) is -0.906. The summed E-state index contributed by atoms with van der Waals surface area (Å²) in [5, 5.41) is 7.94. The lowest BCUT2D eigenvalue weighted by molar-refractivity contribution is -0.144. The van der Waals surface area contributed by atoms with E-state index >= 15 is 0 Å². The molecule has 27 heavy (non-hydrogen) atoms. The molecule has 3 aromatic rings. The first-order valence-corrected chi connectivity index (χ1v) is 8.83. The minimum absolute atomic E-state index is 0.252. The maximum absolute atomic E-state index is 13.2. The number of pyridine rings is 1. The second-order valence-electron chi connectivity index (χ2n) is 6.14. The van der Waals surface area contributed by atoms with Crippen LogP contribution >= 0.6 is 11.6 Å². The minimum Gasteiger partial charge on any atom is -0.466 e. The van der Waals surface area contributed by atoms with E-state index in [1.165, 1.54) is 4.40 Å². The first kappa shape index (κ1) is 19.2. The van der Waals surface area contributed by atoms with Gasteiger partial charge in [0.05, 0.1) is 12.5 Å². The number of halogens is 3. The van der Waals surface area contributed by atoms with Gasteiger partial charge < -0.3 is 4.74 Å². The van der Waals surface area contributed by atoms with E-state index in [0.29, 0.717) is 21.8 Å². The lowest BCUT2D eigenvalue weighted by atomic mass is 9.92. The normalized spacial score (nSPS) is 12.5. The minimum atomic E-state index is -2.74.